The molecule has 0 spiro atoms. The van der Waals surface area contributed by atoms with Gasteiger partial charge in [0.1, 0.15) is 11.5 Å². The molecule has 0 aromatic heterocycles. The van der Waals surface area contributed by atoms with Gasteiger partial charge in [0.15, 0.2) is 6.10 Å². The molecule has 0 bridgehead atoms. The third kappa shape index (κ3) is 5.29. The van der Waals surface area contributed by atoms with Crippen LogP contribution in [0.15, 0.2) is 66.7 Å². The van der Waals surface area contributed by atoms with Crippen LogP contribution in [0.4, 0.5) is 5.69 Å². The molecule has 4 rings (SSSR count). The molecule has 0 saturated carbocycles. The van der Waals surface area contributed by atoms with Gasteiger partial charge in [-0.15, -0.1) is 0 Å². The fourth-order valence-electron chi connectivity index (χ4n) is 3.73. The van der Waals surface area contributed by atoms with Crippen molar-refractivity contribution in [1.29, 1.82) is 0 Å². The minimum absolute atomic E-state index is 0.0625. The molecular weight excluding hydrogens is 440 g/mol. The summed E-state index contributed by atoms with van der Waals surface area (Å²) in [4.78, 5) is 27.6. The zero-order valence-corrected chi connectivity index (χ0v) is 19.3. The van der Waals surface area contributed by atoms with Crippen molar-refractivity contribution in [3.63, 3.8) is 0 Å². The normalized spacial score (nSPS) is 15.3. The molecule has 0 aliphatic carbocycles. The molecule has 0 saturated heterocycles. The van der Waals surface area contributed by atoms with Crippen LogP contribution in [0.3, 0.4) is 0 Å². The Morgan fingerprint density at radius 2 is 1.85 bits per heavy atom. The number of nitrogens with zero attached hydrogens (tertiary/aromatic N) is 1. The number of halogens is 1. The fourth-order valence-corrected chi connectivity index (χ4v) is 3.86. The van der Waals surface area contributed by atoms with Crippen LogP contribution in [0.1, 0.15) is 34.8 Å². The molecule has 3 aromatic rings. The molecule has 1 aliphatic rings. The molecular formula is C26H25ClN2O4. The summed E-state index contributed by atoms with van der Waals surface area (Å²) in [6, 6.07) is 19.8. The molecule has 1 aliphatic heterocycles. The number of carbonyl (C=O) groups is 2. The monoisotopic (exact) mass is 464 g/mol. The summed E-state index contributed by atoms with van der Waals surface area (Å²) in [6.07, 6.45) is 0.00372. The number of ether oxygens (including phenoxy) is 2. The maximum absolute atomic E-state index is 13.1. The highest BCUT2D eigenvalue weighted by Crippen LogP contribution is 2.30. The molecule has 0 radical (unpaired) electrons. The Hall–Kier alpha value is -3.51. The summed E-state index contributed by atoms with van der Waals surface area (Å²) < 4.78 is 11.2. The summed E-state index contributed by atoms with van der Waals surface area (Å²) in [6.45, 7) is 2.74. The summed E-state index contributed by atoms with van der Waals surface area (Å²) in [5, 5.41) is 3.57. The van der Waals surface area contributed by atoms with Gasteiger partial charge in [-0.05, 0) is 66.6 Å². The number of benzene rings is 3. The van der Waals surface area contributed by atoms with Crippen LogP contribution in [0.2, 0.25) is 5.02 Å². The summed E-state index contributed by atoms with van der Waals surface area (Å²) in [5.41, 5.74) is 2.97. The molecule has 1 unspecified atom stereocenters. The number of carbonyl (C=O) groups excluding carboxylic acids is 2. The highest BCUT2D eigenvalue weighted by molar-refractivity contribution is 6.30. The molecule has 1 atom stereocenters. The number of methoxy groups -OCH3 is 1. The lowest BCUT2D eigenvalue weighted by Crippen LogP contribution is -2.38. The van der Waals surface area contributed by atoms with E-state index in [4.69, 9.17) is 21.1 Å². The van der Waals surface area contributed by atoms with Crippen molar-refractivity contribution in [3.05, 3.63) is 88.4 Å². The summed E-state index contributed by atoms with van der Waals surface area (Å²) >= 11 is 6.00. The molecule has 6 nitrogen and oxygen atoms in total. The maximum Gasteiger partial charge on any atom is 0.264 e. The molecule has 2 amide bonds. The Morgan fingerprint density at radius 3 is 2.52 bits per heavy atom. The van der Waals surface area contributed by atoms with Gasteiger partial charge in [0.05, 0.1) is 7.11 Å². The highest BCUT2D eigenvalue weighted by Gasteiger charge is 2.30. The van der Waals surface area contributed by atoms with E-state index in [1.54, 1.807) is 48.4 Å². The average molecular weight is 465 g/mol. The van der Waals surface area contributed by atoms with E-state index < -0.39 is 6.10 Å². The zero-order valence-electron chi connectivity index (χ0n) is 18.5. The van der Waals surface area contributed by atoms with E-state index in [0.717, 1.165) is 11.1 Å². The number of fused-ring (bicyclic) bond motifs is 1. The van der Waals surface area contributed by atoms with Crippen molar-refractivity contribution in [3.8, 4) is 11.5 Å². The minimum Gasteiger partial charge on any atom is -0.497 e. The van der Waals surface area contributed by atoms with E-state index in [1.807, 2.05) is 37.3 Å². The van der Waals surface area contributed by atoms with Crippen molar-refractivity contribution in [2.75, 3.05) is 12.4 Å². The van der Waals surface area contributed by atoms with Gasteiger partial charge in [-0.2, -0.15) is 0 Å². The Morgan fingerprint density at radius 1 is 1.12 bits per heavy atom. The standard InChI is InChI=1S/C26H25ClN2O4/c1-3-23-26(31)29(15-17-4-8-20(27)9-5-17)16-19-14-21(10-13-24(19)33-23)28-25(30)18-6-11-22(32-2)12-7-18/h4-14,23H,3,15-16H2,1-2H3,(H,28,30). The van der Waals surface area contributed by atoms with E-state index in [0.29, 0.717) is 47.3 Å². The van der Waals surface area contributed by atoms with Crippen LogP contribution in [0.5, 0.6) is 11.5 Å². The van der Waals surface area contributed by atoms with Crippen molar-refractivity contribution < 1.29 is 19.1 Å². The van der Waals surface area contributed by atoms with Gasteiger partial charge < -0.3 is 19.7 Å². The van der Waals surface area contributed by atoms with E-state index in [-0.39, 0.29) is 11.8 Å². The van der Waals surface area contributed by atoms with Crippen LogP contribution < -0.4 is 14.8 Å². The van der Waals surface area contributed by atoms with Crippen LogP contribution in [-0.4, -0.2) is 29.9 Å². The van der Waals surface area contributed by atoms with Gasteiger partial charge in [0.2, 0.25) is 0 Å². The first-order valence-electron chi connectivity index (χ1n) is 10.7. The summed E-state index contributed by atoms with van der Waals surface area (Å²) in [7, 11) is 1.58. The van der Waals surface area contributed by atoms with Gasteiger partial charge >= 0.3 is 0 Å². The highest BCUT2D eigenvalue weighted by atomic mass is 35.5. The molecule has 1 heterocycles. The quantitative estimate of drug-likeness (QED) is 0.537. The molecule has 0 fully saturated rings. The predicted molar refractivity (Wildman–Crippen MR) is 128 cm³/mol. The van der Waals surface area contributed by atoms with Gasteiger partial charge in [0.25, 0.3) is 11.8 Å². The lowest BCUT2D eigenvalue weighted by Gasteiger charge is -2.23. The first-order chi connectivity index (χ1) is 16.0. The minimum atomic E-state index is -0.557. The first kappa shape index (κ1) is 22.7. The molecule has 170 valence electrons. The van der Waals surface area contributed by atoms with E-state index >= 15 is 0 Å². The largest absolute Gasteiger partial charge is 0.497 e. The Balaban J connectivity index is 1.56. The van der Waals surface area contributed by atoms with Crippen molar-refractivity contribution in [1.82, 2.24) is 4.90 Å². The number of hydrogen-bond acceptors (Lipinski definition) is 4. The number of hydrogen-bond donors (Lipinski definition) is 1. The van der Waals surface area contributed by atoms with Crippen LogP contribution >= 0.6 is 11.6 Å². The molecule has 1 N–H and O–H groups in total. The van der Waals surface area contributed by atoms with Crippen LogP contribution in [-0.2, 0) is 17.9 Å². The Kier molecular flexibility index (Phi) is 6.84. The van der Waals surface area contributed by atoms with Gasteiger partial charge in [-0.1, -0.05) is 30.7 Å². The molecule has 3 aromatic carbocycles. The second-order valence-corrected chi connectivity index (χ2v) is 8.28. The zero-order chi connectivity index (χ0) is 23.4. The fraction of sp³-hybridized carbons (Fsp3) is 0.231. The second kappa shape index (κ2) is 9.96. The Labute approximate surface area is 198 Å². The first-order valence-corrected chi connectivity index (χ1v) is 11.1. The lowest BCUT2D eigenvalue weighted by atomic mass is 10.1. The predicted octanol–water partition coefficient (Wildman–Crippen LogP) is 5.30. The number of anilines is 1. The van der Waals surface area contributed by atoms with Crippen molar-refractivity contribution in [2.24, 2.45) is 0 Å². The van der Waals surface area contributed by atoms with Crippen LogP contribution in [0.25, 0.3) is 0 Å². The average Bonchev–Trinajstić information content (AvgIpc) is 2.96. The number of amides is 2. The van der Waals surface area contributed by atoms with Gasteiger partial charge in [-0.25, -0.2) is 0 Å². The van der Waals surface area contributed by atoms with Crippen molar-refractivity contribution >= 4 is 29.1 Å². The van der Waals surface area contributed by atoms with Crippen LogP contribution in [0, 0.1) is 0 Å². The smallest absolute Gasteiger partial charge is 0.264 e. The Bertz CT molecular complexity index is 1150. The van der Waals surface area contributed by atoms with E-state index in [1.165, 1.54) is 0 Å². The number of rotatable bonds is 6. The van der Waals surface area contributed by atoms with E-state index in [9.17, 15) is 9.59 Å². The van der Waals surface area contributed by atoms with Crippen molar-refractivity contribution in [2.45, 2.75) is 32.5 Å². The second-order valence-electron chi connectivity index (χ2n) is 7.84. The molecule has 7 heteroatoms. The maximum atomic E-state index is 13.1. The van der Waals surface area contributed by atoms with E-state index in [2.05, 4.69) is 5.32 Å². The lowest BCUT2D eigenvalue weighted by molar-refractivity contribution is -0.139. The topological polar surface area (TPSA) is 67.9 Å². The third-order valence-corrected chi connectivity index (χ3v) is 5.80. The van der Waals surface area contributed by atoms with Gasteiger partial charge in [-0.3, -0.25) is 9.59 Å². The number of nitrogens with one attached hydrogen (secondary N) is 1. The SMILES string of the molecule is CCC1Oc2ccc(NC(=O)c3ccc(OC)cc3)cc2CN(Cc2ccc(Cl)cc2)C1=O. The molecule has 33 heavy (non-hydrogen) atoms. The van der Waals surface area contributed by atoms with Gasteiger partial charge in [0, 0.05) is 34.9 Å². The third-order valence-electron chi connectivity index (χ3n) is 5.55. The summed E-state index contributed by atoms with van der Waals surface area (Å²) in [5.74, 6) is 1.04.